The van der Waals surface area contributed by atoms with Gasteiger partial charge in [0.05, 0.1) is 5.56 Å². The van der Waals surface area contributed by atoms with E-state index in [1.54, 1.807) is 32.9 Å². The molecule has 0 fully saturated rings. The van der Waals surface area contributed by atoms with Gasteiger partial charge in [0.1, 0.15) is 0 Å². The van der Waals surface area contributed by atoms with Crippen molar-refractivity contribution >= 4 is 23.7 Å². The molecule has 0 saturated heterocycles. The minimum Gasteiger partial charge on any atom is -0.373 e. The zero-order valence-electron chi connectivity index (χ0n) is 9.91. The number of esters is 1. The predicted molar refractivity (Wildman–Crippen MR) is 65.2 cm³/mol. The number of nitrogens with one attached hydrogen (secondary N) is 1. The average Bonchev–Trinajstić information content (AvgIpc) is 2.15. The Morgan fingerprint density at radius 3 is 2.18 bits per heavy atom. The number of carbonyl (C=O) groups is 2. The molecule has 1 aromatic rings. The van der Waals surface area contributed by atoms with E-state index >= 15 is 0 Å². The molecular formula is C12H14ClNO3. The van der Waals surface area contributed by atoms with Crippen LogP contribution in [0.25, 0.3) is 0 Å². The molecule has 0 spiro atoms. The Hall–Kier alpha value is -1.55. The summed E-state index contributed by atoms with van der Waals surface area (Å²) in [5.74, 6) is -0.705. The Labute approximate surface area is 105 Å². The Morgan fingerprint density at radius 2 is 1.71 bits per heavy atom. The zero-order valence-corrected chi connectivity index (χ0v) is 10.7. The van der Waals surface area contributed by atoms with Gasteiger partial charge >= 0.3 is 12.1 Å². The Bertz CT molecular complexity index is 420. The molecule has 0 aliphatic heterocycles. The second-order valence-electron chi connectivity index (χ2n) is 4.56. The van der Waals surface area contributed by atoms with Crippen LogP contribution in [0.3, 0.4) is 0 Å². The summed E-state index contributed by atoms with van der Waals surface area (Å²) in [6.07, 6.45) is -0.766. The van der Waals surface area contributed by atoms with Crippen LogP contribution < -0.4 is 5.32 Å². The van der Waals surface area contributed by atoms with Crippen molar-refractivity contribution in [3.05, 3.63) is 34.9 Å². The summed E-state index contributed by atoms with van der Waals surface area (Å²) >= 11 is 5.68. The number of ether oxygens (including phenoxy) is 1. The monoisotopic (exact) mass is 255 g/mol. The van der Waals surface area contributed by atoms with E-state index in [2.05, 4.69) is 10.1 Å². The summed E-state index contributed by atoms with van der Waals surface area (Å²) in [5.41, 5.74) is -0.171. The lowest BCUT2D eigenvalue weighted by atomic mass is 10.1. The second kappa shape index (κ2) is 5.19. The standard InChI is InChI=1S/C12H14ClNO3/c1-12(2,3)14-11(16)17-10(15)8-4-6-9(13)7-5-8/h4-7H,1-3H3,(H,14,16). The number of hydrogen-bond donors (Lipinski definition) is 1. The molecule has 0 heterocycles. The first-order chi connectivity index (χ1) is 7.78. The first-order valence-corrected chi connectivity index (χ1v) is 5.45. The SMILES string of the molecule is CC(C)(C)NC(=O)OC(=O)c1ccc(Cl)cc1. The van der Waals surface area contributed by atoms with Crippen LogP contribution in [0.4, 0.5) is 4.79 Å². The van der Waals surface area contributed by atoms with Crippen LogP contribution >= 0.6 is 11.6 Å². The molecule has 0 aliphatic rings. The van der Waals surface area contributed by atoms with Gasteiger partial charge in [-0.1, -0.05) is 11.6 Å². The average molecular weight is 256 g/mol. The third kappa shape index (κ3) is 4.87. The lowest BCUT2D eigenvalue weighted by Gasteiger charge is -2.19. The summed E-state index contributed by atoms with van der Waals surface area (Å²) in [7, 11) is 0. The van der Waals surface area contributed by atoms with Gasteiger partial charge in [-0.2, -0.15) is 0 Å². The van der Waals surface area contributed by atoms with Gasteiger partial charge in [0.25, 0.3) is 0 Å². The number of carbonyl (C=O) groups excluding carboxylic acids is 2. The Morgan fingerprint density at radius 1 is 1.18 bits per heavy atom. The maximum Gasteiger partial charge on any atom is 0.415 e. The van der Waals surface area contributed by atoms with Crippen molar-refractivity contribution in [3.63, 3.8) is 0 Å². The molecule has 0 aliphatic carbocycles. The van der Waals surface area contributed by atoms with Gasteiger partial charge in [0.15, 0.2) is 0 Å². The lowest BCUT2D eigenvalue weighted by molar-refractivity contribution is 0.0612. The van der Waals surface area contributed by atoms with E-state index < -0.39 is 17.6 Å². The fourth-order valence-electron chi connectivity index (χ4n) is 1.06. The van der Waals surface area contributed by atoms with Crippen LogP contribution in [0.2, 0.25) is 5.02 Å². The van der Waals surface area contributed by atoms with Crippen molar-refractivity contribution < 1.29 is 14.3 Å². The van der Waals surface area contributed by atoms with Crippen LogP contribution in [0.15, 0.2) is 24.3 Å². The van der Waals surface area contributed by atoms with E-state index in [0.717, 1.165) is 0 Å². The largest absolute Gasteiger partial charge is 0.415 e. The molecule has 0 atom stereocenters. The first-order valence-electron chi connectivity index (χ1n) is 5.08. The summed E-state index contributed by atoms with van der Waals surface area (Å²) in [6.45, 7) is 5.38. The topological polar surface area (TPSA) is 55.4 Å². The molecule has 1 N–H and O–H groups in total. The van der Waals surface area contributed by atoms with Crippen molar-refractivity contribution in [2.24, 2.45) is 0 Å². The van der Waals surface area contributed by atoms with Crippen molar-refractivity contribution in [2.45, 2.75) is 26.3 Å². The first kappa shape index (κ1) is 13.5. The van der Waals surface area contributed by atoms with Gasteiger partial charge in [0.2, 0.25) is 0 Å². The van der Waals surface area contributed by atoms with E-state index in [-0.39, 0.29) is 5.56 Å². The van der Waals surface area contributed by atoms with Crippen molar-refractivity contribution in [2.75, 3.05) is 0 Å². The highest BCUT2D eigenvalue weighted by Crippen LogP contribution is 2.10. The quantitative estimate of drug-likeness (QED) is 0.620. The predicted octanol–water partition coefficient (Wildman–Crippen LogP) is 3.00. The maximum absolute atomic E-state index is 11.5. The molecule has 0 radical (unpaired) electrons. The van der Waals surface area contributed by atoms with Gasteiger partial charge in [0, 0.05) is 10.6 Å². The van der Waals surface area contributed by atoms with Crippen LogP contribution in [0.1, 0.15) is 31.1 Å². The van der Waals surface area contributed by atoms with Crippen molar-refractivity contribution in [1.82, 2.24) is 5.32 Å². The van der Waals surface area contributed by atoms with E-state index in [1.165, 1.54) is 12.1 Å². The van der Waals surface area contributed by atoms with Gasteiger partial charge in [-0.3, -0.25) is 0 Å². The molecule has 1 amide bonds. The third-order valence-corrected chi connectivity index (χ3v) is 1.99. The molecule has 0 bridgehead atoms. The van der Waals surface area contributed by atoms with Crippen LogP contribution in [0.5, 0.6) is 0 Å². The van der Waals surface area contributed by atoms with Gasteiger partial charge in [-0.05, 0) is 45.0 Å². The van der Waals surface area contributed by atoms with Gasteiger partial charge < -0.3 is 10.1 Å². The Balaban J connectivity index is 2.61. The molecule has 0 unspecified atom stereocenters. The fraction of sp³-hybridized carbons (Fsp3) is 0.333. The fourth-order valence-corrected chi connectivity index (χ4v) is 1.19. The Kier molecular flexibility index (Phi) is 4.12. The number of benzene rings is 1. The van der Waals surface area contributed by atoms with E-state index in [0.29, 0.717) is 5.02 Å². The van der Waals surface area contributed by atoms with E-state index in [1.807, 2.05) is 0 Å². The number of rotatable bonds is 1. The molecule has 5 heteroatoms. The zero-order chi connectivity index (χ0) is 13.1. The number of hydrogen-bond acceptors (Lipinski definition) is 3. The minimum atomic E-state index is -0.766. The molecule has 0 saturated carbocycles. The van der Waals surface area contributed by atoms with E-state index in [4.69, 9.17) is 11.6 Å². The summed E-state index contributed by atoms with van der Waals surface area (Å²) in [5, 5.41) is 3.04. The smallest absolute Gasteiger partial charge is 0.373 e. The van der Waals surface area contributed by atoms with Crippen molar-refractivity contribution in [1.29, 1.82) is 0 Å². The normalized spacial score (nSPS) is 10.8. The number of halogens is 1. The third-order valence-electron chi connectivity index (χ3n) is 1.74. The molecule has 1 rings (SSSR count). The second-order valence-corrected chi connectivity index (χ2v) is 5.00. The summed E-state index contributed by atoms with van der Waals surface area (Å²) < 4.78 is 4.62. The summed E-state index contributed by atoms with van der Waals surface area (Å²) in [4.78, 5) is 22.9. The molecular weight excluding hydrogens is 242 g/mol. The van der Waals surface area contributed by atoms with Crippen molar-refractivity contribution in [3.8, 4) is 0 Å². The summed E-state index contributed by atoms with van der Waals surface area (Å²) in [6, 6.07) is 6.10. The molecule has 1 aromatic carbocycles. The highest BCUT2D eigenvalue weighted by molar-refractivity contribution is 6.30. The molecule has 4 nitrogen and oxygen atoms in total. The highest BCUT2D eigenvalue weighted by Gasteiger charge is 2.18. The molecule has 92 valence electrons. The van der Waals surface area contributed by atoms with Crippen LogP contribution in [-0.4, -0.2) is 17.6 Å². The maximum atomic E-state index is 11.5. The number of alkyl carbamates (subject to hydrolysis) is 1. The number of amides is 1. The minimum absolute atomic E-state index is 0.276. The van der Waals surface area contributed by atoms with Crippen LogP contribution in [0, 0.1) is 0 Å². The van der Waals surface area contributed by atoms with Gasteiger partial charge in [-0.25, -0.2) is 9.59 Å². The molecule has 0 aromatic heterocycles. The lowest BCUT2D eigenvalue weighted by Crippen LogP contribution is -2.41. The van der Waals surface area contributed by atoms with Crippen LogP contribution in [-0.2, 0) is 4.74 Å². The van der Waals surface area contributed by atoms with Gasteiger partial charge in [-0.15, -0.1) is 0 Å². The highest BCUT2D eigenvalue weighted by atomic mass is 35.5. The molecule has 17 heavy (non-hydrogen) atoms. The van der Waals surface area contributed by atoms with E-state index in [9.17, 15) is 9.59 Å².